The minimum atomic E-state index is 0.602. The third-order valence-electron chi connectivity index (χ3n) is 2.91. The van der Waals surface area contributed by atoms with Crippen molar-refractivity contribution in [3.05, 3.63) is 46.3 Å². The van der Waals surface area contributed by atoms with Crippen molar-refractivity contribution in [2.45, 2.75) is 32.0 Å². The van der Waals surface area contributed by atoms with E-state index >= 15 is 0 Å². The van der Waals surface area contributed by atoms with Gasteiger partial charge in [-0.2, -0.15) is 0 Å². The second-order valence-electron chi connectivity index (χ2n) is 4.53. The summed E-state index contributed by atoms with van der Waals surface area (Å²) < 4.78 is 5.62. The van der Waals surface area contributed by atoms with Crippen LogP contribution in [0, 0.1) is 0 Å². The molecule has 0 spiro atoms. The average Bonchev–Trinajstić information content (AvgIpc) is 3.09. The van der Waals surface area contributed by atoms with Crippen LogP contribution in [0.25, 0.3) is 0 Å². The number of nitrogens with zero attached hydrogens (tertiary/aromatic N) is 1. The van der Waals surface area contributed by atoms with Gasteiger partial charge in [0.15, 0.2) is 0 Å². The minimum absolute atomic E-state index is 0.602. The molecular weight excluding hydrogens is 244 g/mol. The topological polar surface area (TPSA) is 34.1 Å². The molecule has 3 rings (SSSR count). The molecule has 3 nitrogen and oxygen atoms in total. The van der Waals surface area contributed by atoms with Gasteiger partial charge in [-0.3, -0.25) is 0 Å². The maximum absolute atomic E-state index is 5.62. The summed E-state index contributed by atoms with van der Waals surface area (Å²) in [6.45, 7) is 1.51. The van der Waals surface area contributed by atoms with Crippen molar-refractivity contribution in [3.63, 3.8) is 0 Å². The van der Waals surface area contributed by atoms with Gasteiger partial charge in [-0.05, 0) is 29.9 Å². The second-order valence-corrected chi connectivity index (χ2v) is 5.56. The quantitative estimate of drug-likeness (QED) is 0.867. The maximum atomic E-state index is 5.62. The Balaban J connectivity index is 1.50. The van der Waals surface area contributed by atoms with Gasteiger partial charge in [0, 0.05) is 29.7 Å². The second kappa shape index (κ2) is 5.50. The standard InChI is InChI=1S/C14H16N2OS/c1-2-13(18-7-1)10-17-14-6-3-11(9-16-14)8-15-12-4-5-12/h1-3,6-7,9,12,15H,4-5,8,10H2. The molecule has 0 radical (unpaired) electrons. The van der Waals surface area contributed by atoms with Gasteiger partial charge in [-0.15, -0.1) is 11.3 Å². The van der Waals surface area contributed by atoms with E-state index in [1.807, 2.05) is 18.3 Å². The first-order valence-electron chi connectivity index (χ1n) is 6.23. The predicted molar refractivity (Wildman–Crippen MR) is 72.7 cm³/mol. The van der Waals surface area contributed by atoms with Crippen LogP contribution in [0.1, 0.15) is 23.3 Å². The molecule has 1 aliphatic rings. The lowest BCUT2D eigenvalue weighted by Gasteiger charge is -2.05. The first kappa shape index (κ1) is 11.7. The molecule has 0 atom stereocenters. The normalized spacial score (nSPS) is 14.7. The Morgan fingerprint density at radius 1 is 1.33 bits per heavy atom. The minimum Gasteiger partial charge on any atom is -0.472 e. The molecule has 0 saturated heterocycles. The monoisotopic (exact) mass is 260 g/mol. The Morgan fingerprint density at radius 2 is 2.28 bits per heavy atom. The molecule has 4 heteroatoms. The van der Waals surface area contributed by atoms with Crippen molar-refractivity contribution >= 4 is 11.3 Å². The average molecular weight is 260 g/mol. The van der Waals surface area contributed by atoms with Gasteiger partial charge in [-0.1, -0.05) is 12.1 Å². The predicted octanol–water partition coefficient (Wildman–Crippen LogP) is 2.97. The summed E-state index contributed by atoms with van der Waals surface area (Å²) in [6, 6.07) is 8.85. The van der Waals surface area contributed by atoms with E-state index in [1.54, 1.807) is 11.3 Å². The zero-order valence-electron chi connectivity index (χ0n) is 10.1. The van der Waals surface area contributed by atoms with Crippen LogP contribution in [0.15, 0.2) is 35.8 Å². The van der Waals surface area contributed by atoms with Gasteiger partial charge in [-0.25, -0.2) is 4.98 Å². The lowest BCUT2D eigenvalue weighted by atomic mass is 10.3. The first-order valence-corrected chi connectivity index (χ1v) is 7.11. The van der Waals surface area contributed by atoms with Gasteiger partial charge in [0.2, 0.25) is 5.88 Å². The summed E-state index contributed by atoms with van der Waals surface area (Å²) in [4.78, 5) is 5.54. The zero-order chi connectivity index (χ0) is 12.2. The molecular formula is C14H16N2OS. The largest absolute Gasteiger partial charge is 0.472 e. The van der Waals surface area contributed by atoms with Crippen molar-refractivity contribution in [1.82, 2.24) is 10.3 Å². The van der Waals surface area contributed by atoms with Crippen molar-refractivity contribution < 1.29 is 4.74 Å². The number of hydrogen-bond acceptors (Lipinski definition) is 4. The van der Waals surface area contributed by atoms with Crippen LogP contribution < -0.4 is 10.1 Å². The number of aromatic nitrogens is 1. The van der Waals surface area contributed by atoms with Crippen LogP contribution in [0.2, 0.25) is 0 Å². The molecule has 2 aromatic rings. The van der Waals surface area contributed by atoms with E-state index < -0.39 is 0 Å². The third-order valence-corrected chi connectivity index (χ3v) is 3.76. The summed E-state index contributed by atoms with van der Waals surface area (Å²) in [5, 5.41) is 5.52. The number of pyridine rings is 1. The van der Waals surface area contributed by atoms with Crippen molar-refractivity contribution in [3.8, 4) is 5.88 Å². The Bertz CT molecular complexity index is 477. The third kappa shape index (κ3) is 3.31. The fourth-order valence-corrected chi connectivity index (χ4v) is 2.31. The van der Waals surface area contributed by atoms with E-state index in [2.05, 4.69) is 27.8 Å². The number of ether oxygens (including phenoxy) is 1. The van der Waals surface area contributed by atoms with Gasteiger partial charge < -0.3 is 10.1 Å². The SMILES string of the molecule is c1csc(COc2ccc(CNC3CC3)cn2)c1. The van der Waals surface area contributed by atoms with Gasteiger partial charge in [0.05, 0.1) is 0 Å². The fourth-order valence-electron chi connectivity index (χ4n) is 1.69. The highest BCUT2D eigenvalue weighted by molar-refractivity contribution is 7.09. The molecule has 18 heavy (non-hydrogen) atoms. The summed E-state index contributed by atoms with van der Waals surface area (Å²) in [6.07, 6.45) is 4.52. The zero-order valence-corrected chi connectivity index (χ0v) is 11.0. The van der Waals surface area contributed by atoms with Crippen molar-refractivity contribution in [1.29, 1.82) is 0 Å². The molecule has 94 valence electrons. The van der Waals surface area contributed by atoms with E-state index in [9.17, 15) is 0 Å². The molecule has 2 heterocycles. The lowest BCUT2D eigenvalue weighted by Crippen LogP contribution is -2.15. The van der Waals surface area contributed by atoms with Gasteiger partial charge >= 0.3 is 0 Å². The van der Waals surface area contributed by atoms with Gasteiger partial charge in [0.1, 0.15) is 6.61 Å². The van der Waals surface area contributed by atoms with Gasteiger partial charge in [0.25, 0.3) is 0 Å². The Hall–Kier alpha value is -1.39. The highest BCUT2D eigenvalue weighted by atomic mass is 32.1. The van der Waals surface area contributed by atoms with Crippen molar-refractivity contribution in [2.75, 3.05) is 0 Å². The molecule has 0 aliphatic heterocycles. The Labute approximate surface area is 111 Å². The number of rotatable bonds is 6. The maximum Gasteiger partial charge on any atom is 0.213 e. The fraction of sp³-hybridized carbons (Fsp3) is 0.357. The molecule has 0 amide bonds. The van der Waals surface area contributed by atoms with E-state index in [4.69, 9.17) is 4.74 Å². The number of hydrogen-bond donors (Lipinski definition) is 1. The van der Waals surface area contributed by atoms with E-state index in [0.29, 0.717) is 12.5 Å². The summed E-state index contributed by atoms with van der Waals surface area (Å²) in [5.74, 6) is 0.693. The highest BCUT2D eigenvalue weighted by Crippen LogP contribution is 2.19. The Kier molecular flexibility index (Phi) is 3.57. The molecule has 0 bridgehead atoms. The number of thiophene rings is 1. The molecule has 1 saturated carbocycles. The molecule has 1 fully saturated rings. The Morgan fingerprint density at radius 3 is 2.94 bits per heavy atom. The van der Waals surface area contributed by atoms with Crippen molar-refractivity contribution in [2.24, 2.45) is 0 Å². The first-order chi connectivity index (χ1) is 8.90. The highest BCUT2D eigenvalue weighted by Gasteiger charge is 2.19. The van der Waals surface area contributed by atoms with Crippen LogP contribution in [-0.2, 0) is 13.2 Å². The molecule has 1 N–H and O–H groups in total. The summed E-state index contributed by atoms with van der Waals surface area (Å²) in [7, 11) is 0. The van der Waals surface area contributed by atoms with E-state index in [0.717, 1.165) is 12.6 Å². The van der Waals surface area contributed by atoms with E-state index in [1.165, 1.54) is 23.3 Å². The number of nitrogens with one attached hydrogen (secondary N) is 1. The van der Waals surface area contributed by atoms with Crippen LogP contribution in [0.3, 0.4) is 0 Å². The molecule has 1 aliphatic carbocycles. The lowest BCUT2D eigenvalue weighted by molar-refractivity contribution is 0.297. The van der Waals surface area contributed by atoms with Crippen LogP contribution in [0.5, 0.6) is 5.88 Å². The molecule has 0 unspecified atom stereocenters. The van der Waals surface area contributed by atoms with Crippen LogP contribution in [-0.4, -0.2) is 11.0 Å². The van der Waals surface area contributed by atoms with E-state index in [-0.39, 0.29) is 0 Å². The van der Waals surface area contributed by atoms with Crippen LogP contribution >= 0.6 is 11.3 Å². The molecule has 0 aromatic carbocycles. The summed E-state index contributed by atoms with van der Waals surface area (Å²) >= 11 is 1.70. The molecule has 2 aromatic heterocycles. The van der Waals surface area contributed by atoms with Crippen LogP contribution in [0.4, 0.5) is 0 Å². The smallest absolute Gasteiger partial charge is 0.213 e. The summed E-state index contributed by atoms with van der Waals surface area (Å²) in [5.41, 5.74) is 1.21.